The molecule has 0 radical (unpaired) electrons. The van der Waals surface area contributed by atoms with Crippen molar-refractivity contribution in [3.63, 3.8) is 0 Å². The summed E-state index contributed by atoms with van der Waals surface area (Å²) in [5.74, 6) is 0. The first-order valence-electron chi connectivity index (χ1n) is 7.49. The van der Waals surface area contributed by atoms with E-state index in [9.17, 15) is 0 Å². The number of rotatable bonds is 4. The summed E-state index contributed by atoms with van der Waals surface area (Å²) < 4.78 is 5.56. The molecule has 3 fully saturated rings. The first-order chi connectivity index (χ1) is 8.77. The predicted molar refractivity (Wildman–Crippen MR) is 72.6 cm³/mol. The van der Waals surface area contributed by atoms with E-state index >= 15 is 0 Å². The lowest BCUT2D eigenvalue weighted by atomic mass is 9.92. The molecule has 2 aliphatic heterocycles. The molecule has 0 aromatic heterocycles. The second-order valence-corrected chi connectivity index (χ2v) is 6.33. The highest BCUT2D eigenvalue weighted by molar-refractivity contribution is 5.04. The summed E-state index contributed by atoms with van der Waals surface area (Å²) >= 11 is 0. The highest BCUT2D eigenvalue weighted by Crippen LogP contribution is 2.36. The smallest absolute Gasteiger partial charge is 0.0698 e. The fourth-order valence-electron chi connectivity index (χ4n) is 3.75. The van der Waals surface area contributed by atoms with Gasteiger partial charge in [0.25, 0.3) is 0 Å². The van der Waals surface area contributed by atoms with Crippen LogP contribution in [-0.4, -0.2) is 67.3 Å². The Hall–Kier alpha value is -0.160. The first-order valence-corrected chi connectivity index (χ1v) is 7.49. The van der Waals surface area contributed by atoms with Gasteiger partial charge in [-0.3, -0.25) is 9.80 Å². The van der Waals surface area contributed by atoms with Crippen molar-refractivity contribution in [3.8, 4) is 0 Å². The SMILES string of the molecule is COC1CCCN(C2(CN)CCN(C3CC3)C2)C1. The summed E-state index contributed by atoms with van der Waals surface area (Å²) in [4.78, 5) is 5.30. The average Bonchev–Trinajstić information content (AvgIpc) is 3.19. The van der Waals surface area contributed by atoms with Crippen LogP contribution in [0, 0.1) is 0 Å². The number of nitrogens with zero attached hydrogens (tertiary/aromatic N) is 2. The lowest BCUT2D eigenvalue weighted by Crippen LogP contribution is -2.59. The van der Waals surface area contributed by atoms with Crippen molar-refractivity contribution in [3.05, 3.63) is 0 Å². The Bertz CT molecular complexity index is 295. The van der Waals surface area contributed by atoms with Crippen LogP contribution in [0.3, 0.4) is 0 Å². The number of ether oxygens (including phenoxy) is 1. The molecule has 1 aliphatic carbocycles. The molecule has 2 heterocycles. The van der Waals surface area contributed by atoms with Gasteiger partial charge in [-0.2, -0.15) is 0 Å². The van der Waals surface area contributed by atoms with Crippen molar-refractivity contribution in [2.45, 2.75) is 49.8 Å². The molecule has 3 rings (SSSR count). The third-order valence-electron chi connectivity index (χ3n) is 5.19. The van der Waals surface area contributed by atoms with E-state index in [1.54, 1.807) is 0 Å². The van der Waals surface area contributed by atoms with Crippen LogP contribution in [0.2, 0.25) is 0 Å². The van der Waals surface area contributed by atoms with E-state index in [0.29, 0.717) is 6.10 Å². The van der Waals surface area contributed by atoms with Crippen molar-refractivity contribution >= 4 is 0 Å². The quantitative estimate of drug-likeness (QED) is 0.799. The lowest BCUT2D eigenvalue weighted by Gasteiger charge is -2.44. The normalized spacial score (nSPS) is 39.3. The van der Waals surface area contributed by atoms with E-state index in [0.717, 1.165) is 19.1 Å². The summed E-state index contributed by atoms with van der Waals surface area (Å²) in [6.45, 7) is 5.51. The van der Waals surface area contributed by atoms with E-state index in [1.807, 2.05) is 7.11 Å². The number of likely N-dealkylation sites (tertiary alicyclic amines) is 2. The third kappa shape index (κ3) is 2.31. The maximum absolute atomic E-state index is 6.16. The van der Waals surface area contributed by atoms with Gasteiger partial charge in [0.1, 0.15) is 0 Å². The summed E-state index contributed by atoms with van der Waals surface area (Å²) in [6, 6.07) is 0.876. The number of piperidine rings is 1. The lowest BCUT2D eigenvalue weighted by molar-refractivity contribution is -0.0143. The monoisotopic (exact) mass is 253 g/mol. The molecular formula is C14H27N3O. The number of hydrogen-bond acceptors (Lipinski definition) is 4. The van der Waals surface area contributed by atoms with Gasteiger partial charge in [0.2, 0.25) is 0 Å². The summed E-state index contributed by atoms with van der Waals surface area (Å²) in [5, 5.41) is 0. The Kier molecular flexibility index (Phi) is 3.63. The molecule has 4 heteroatoms. The molecule has 3 aliphatic rings. The van der Waals surface area contributed by atoms with Gasteiger partial charge < -0.3 is 10.5 Å². The molecule has 0 bridgehead atoms. The van der Waals surface area contributed by atoms with Gasteiger partial charge in [-0.05, 0) is 38.6 Å². The average molecular weight is 253 g/mol. The van der Waals surface area contributed by atoms with Crippen molar-refractivity contribution in [1.82, 2.24) is 9.80 Å². The van der Waals surface area contributed by atoms with Crippen LogP contribution in [0.25, 0.3) is 0 Å². The molecule has 2 unspecified atom stereocenters. The molecule has 2 N–H and O–H groups in total. The molecule has 2 atom stereocenters. The minimum Gasteiger partial charge on any atom is -0.380 e. The van der Waals surface area contributed by atoms with Gasteiger partial charge in [-0.25, -0.2) is 0 Å². The third-order valence-corrected chi connectivity index (χ3v) is 5.19. The van der Waals surface area contributed by atoms with Crippen molar-refractivity contribution < 1.29 is 4.74 Å². The van der Waals surface area contributed by atoms with Gasteiger partial charge in [-0.15, -0.1) is 0 Å². The summed E-state index contributed by atoms with van der Waals surface area (Å²) in [7, 11) is 1.84. The number of hydrogen-bond donors (Lipinski definition) is 1. The molecule has 4 nitrogen and oxygen atoms in total. The largest absolute Gasteiger partial charge is 0.380 e. The summed E-state index contributed by atoms with van der Waals surface area (Å²) in [5.41, 5.74) is 6.40. The van der Waals surface area contributed by atoms with Crippen molar-refractivity contribution in [1.29, 1.82) is 0 Å². The second-order valence-electron chi connectivity index (χ2n) is 6.33. The minimum absolute atomic E-state index is 0.236. The molecule has 0 amide bonds. The van der Waals surface area contributed by atoms with Crippen molar-refractivity contribution in [2.75, 3.05) is 39.8 Å². The van der Waals surface area contributed by atoms with Crippen LogP contribution in [0.5, 0.6) is 0 Å². The molecule has 0 aromatic rings. The van der Waals surface area contributed by atoms with Gasteiger partial charge in [-0.1, -0.05) is 0 Å². The van der Waals surface area contributed by atoms with E-state index in [2.05, 4.69) is 9.80 Å². The molecular weight excluding hydrogens is 226 g/mol. The Morgan fingerprint density at radius 2 is 2.11 bits per heavy atom. The zero-order chi connectivity index (χ0) is 12.6. The standard InChI is InChI=1S/C14H27N3O/c1-18-13-3-2-7-17(9-13)14(10-15)6-8-16(11-14)12-4-5-12/h12-13H,2-11,15H2,1H3. The highest BCUT2D eigenvalue weighted by Gasteiger charge is 2.46. The van der Waals surface area contributed by atoms with Gasteiger partial charge in [0.05, 0.1) is 6.10 Å². The molecule has 104 valence electrons. The fraction of sp³-hybridized carbons (Fsp3) is 1.00. The van der Waals surface area contributed by atoms with Gasteiger partial charge in [0, 0.05) is 44.9 Å². The van der Waals surface area contributed by atoms with Crippen LogP contribution < -0.4 is 5.73 Å². The van der Waals surface area contributed by atoms with E-state index < -0.39 is 0 Å². The van der Waals surface area contributed by atoms with Crippen LogP contribution >= 0.6 is 0 Å². The molecule has 18 heavy (non-hydrogen) atoms. The van der Waals surface area contributed by atoms with E-state index in [-0.39, 0.29) is 5.54 Å². The Balaban J connectivity index is 1.67. The van der Waals surface area contributed by atoms with Crippen LogP contribution in [0.1, 0.15) is 32.1 Å². The van der Waals surface area contributed by atoms with E-state index in [1.165, 1.54) is 51.7 Å². The molecule has 0 aromatic carbocycles. The van der Waals surface area contributed by atoms with Gasteiger partial charge in [0.15, 0.2) is 0 Å². The first kappa shape index (κ1) is 12.9. The maximum Gasteiger partial charge on any atom is 0.0698 e. The number of nitrogens with two attached hydrogens (primary N) is 1. The van der Waals surface area contributed by atoms with Gasteiger partial charge >= 0.3 is 0 Å². The zero-order valence-electron chi connectivity index (χ0n) is 11.6. The van der Waals surface area contributed by atoms with E-state index in [4.69, 9.17) is 10.5 Å². The Morgan fingerprint density at radius 3 is 2.78 bits per heavy atom. The predicted octanol–water partition coefficient (Wildman–Crippen LogP) is 0.663. The molecule has 0 spiro atoms. The minimum atomic E-state index is 0.236. The van der Waals surface area contributed by atoms with Crippen molar-refractivity contribution in [2.24, 2.45) is 5.73 Å². The van der Waals surface area contributed by atoms with Crippen LogP contribution in [0.4, 0.5) is 0 Å². The Labute approximate surface area is 110 Å². The Morgan fingerprint density at radius 1 is 1.28 bits per heavy atom. The zero-order valence-corrected chi connectivity index (χ0v) is 11.6. The van der Waals surface area contributed by atoms with Crippen LogP contribution in [0.15, 0.2) is 0 Å². The maximum atomic E-state index is 6.16. The molecule has 2 saturated heterocycles. The number of methoxy groups -OCH3 is 1. The molecule has 1 saturated carbocycles. The summed E-state index contributed by atoms with van der Waals surface area (Å²) in [6.07, 6.45) is 6.93. The second kappa shape index (κ2) is 5.08. The fourth-order valence-corrected chi connectivity index (χ4v) is 3.75. The highest BCUT2D eigenvalue weighted by atomic mass is 16.5. The topological polar surface area (TPSA) is 41.7 Å². The van der Waals surface area contributed by atoms with Crippen LogP contribution in [-0.2, 0) is 4.74 Å².